The first-order chi connectivity index (χ1) is 16.5. The van der Waals surface area contributed by atoms with E-state index in [-0.39, 0.29) is 35.7 Å². The first kappa shape index (κ1) is 22.7. The van der Waals surface area contributed by atoms with Crippen molar-refractivity contribution in [1.29, 1.82) is 0 Å². The minimum atomic E-state index is -2.98. The number of carbonyl (C=O) groups is 1. The molecule has 10 heteroatoms. The average Bonchev–Trinajstić information content (AvgIpc) is 3.32. The Bertz CT molecular complexity index is 1260. The van der Waals surface area contributed by atoms with Gasteiger partial charge in [0.05, 0.1) is 12.7 Å². The number of para-hydroxylation sites is 2. The number of nitrogens with zero attached hydrogens (tertiary/aromatic N) is 2. The lowest BCUT2D eigenvalue weighted by Gasteiger charge is -2.10. The van der Waals surface area contributed by atoms with Crippen LogP contribution < -0.4 is 19.5 Å². The van der Waals surface area contributed by atoms with Gasteiger partial charge in [-0.05, 0) is 42.5 Å². The molecule has 34 heavy (non-hydrogen) atoms. The number of rotatable bonds is 9. The average molecular weight is 467 g/mol. The zero-order valence-corrected chi connectivity index (χ0v) is 17.9. The van der Waals surface area contributed by atoms with Gasteiger partial charge in [0.1, 0.15) is 5.75 Å². The van der Waals surface area contributed by atoms with Crippen molar-refractivity contribution in [2.45, 2.75) is 13.2 Å². The van der Waals surface area contributed by atoms with Gasteiger partial charge in [-0.25, -0.2) is 0 Å². The highest BCUT2D eigenvalue weighted by atomic mass is 19.3. The number of benzene rings is 3. The van der Waals surface area contributed by atoms with E-state index < -0.39 is 6.61 Å². The first-order valence-electron chi connectivity index (χ1n) is 10.1. The van der Waals surface area contributed by atoms with E-state index in [0.29, 0.717) is 22.6 Å². The second-order valence-electron chi connectivity index (χ2n) is 6.86. The highest BCUT2D eigenvalue weighted by Gasteiger charge is 2.17. The zero-order chi connectivity index (χ0) is 23.9. The molecule has 0 atom stereocenters. The number of alkyl halides is 2. The summed E-state index contributed by atoms with van der Waals surface area (Å²) in [5.41, 5.74) is 1.46. The van der Waals surface area contributed by atoms with Crippen LogP contribution in [0.25, 0.3) is 11.4 Å². The van der Waals surface area contributed by atoms with Crippen molar-refractivity contribution >= 4 is 11.6 Å². The van der Waals surface area contributed by atoms with E-state index in [1.165, 1.54) is 25.3 Å². The molecule has 0 fully saturated rings. The van der Waals surface area contributed by atoms with Crippen LogP contribution in [0.5, 0.6) is 17.2 Å². The summed E-state index contributed by atoms with van der Waals surface area (Å²) in [6, 6.07) is 20.1. The Morgan fingerprint density at radius 2 is 1.76 bits per heavy atom. The summed E-state index contributed by atoms with van der Waals surface area (Å²) in [6.07, 6.45) is 0. The lowest BCUT2D eigenvalue weighted by atomic mass is 10.2. The van der Waals surface area contributed by atoms with Crippen LogP contribution in [0, 0.1) is 0 Å². The monoisotopic (exact) mass is 467 g/mol. The summed E-state index contributed by atoms with van der Waals surface area (Å²) in [7, 11) is 1.33. The van der Waals surface area contributed by atoms with Crippen LogP contribution in [-0.4, -0.2) is 29.8 Å². The largest absolute Gasteiger partial charge is 0.493 e. The lowest BCUT2D eigenvalue weighted by Crippen LogP contribution is -2.13. The number of anilines is 1. The van der Waals surface area contributed by atoms with Crippen LogP contribution in [0.2, 0.25) is 0 Å². The van der Waals surface area contributed by atoms with E-state index in [9.17, 15) is 13.6 Å². The minimum Gasteiger partial charge on any atom is -0.493 e. The molecular weight excluding hydrogens is 448 g/mol. The number of carbonyl (C=O) groups excluding carboxylic acids is 1. The Balaban J connectivity index is 1.45. The van der Waals surface area contributed by atoms with Gasteiger partial charge in [-0.3, -0.25) is 4.79 Å². The number of hydrogen-bond acceptors (Lipinski definition) is 7. The van der Waals surface area contributed by atoms with Gasteiger partial charge >= 0.3 is 6.61 Å². The molecule has 0 saturated heterocycles. The highest BCUT2D eigenvalue weighted by Crippen LogP contribution is 2.32. The number of nitrogens with one attached hydrogen (secondary N) is 1. The molecule has 8 nitrogen and oxygen atoms in total. The molecule has 0 bridgehead atoms. The van der Waals surface area contributed by atoms with Gasteiger partial charge in [0.15, 0.2) is 18.1 Å². The Labute approximate surface area is 193 Å². The maximum atomic E-state index is 12.7. The van der Waals surface area contributed by atoms with Gasteiger partial charge in [0, 0.05) is 11.3 Å². The Morgan fingerprint density at radius 1 is 1.00 bits per heavy atom. The van der Waals surface area contributed by atoms with Crippen molar-refractivity contribution in [3.8, 4) is 28.6 Å². The van der Waals surface area contributed by atoms with E-state index >= 15 is 0 Å². The zero-order valence-electron chi connectivity index (χ0n) is 17.9. The number of methoxy groups -OCH3 is 1. The van der Waals surface area contributed by atoms with Gasteiger partial charge < -0.3 is 24.1 Å². The summed E-state index contributed by atoms with van der Waals surface area (Å²) in [6.45, 7) is -3.07. The predicted molar refractivity (Wildman–Crippen MR) is 118 cm³/mol. The van der Waals surface area contributed by atoms with Crippen LogP contribution in [0.1, 0.15) is 16.2 Å². The third-order valence-electron chi connectivity index (χ3n) is 4.62. The van der Waals surface area contributed by atoms with E-state index in [2.05, 4.69) is 20.2 Å². The second-order valence-corrected chi connectivity index (χ2v) is 6.86. The molecule has 0 spiro atoms. The van der Waals surface area contributed by atoms with Crippen LogP contribution in [-0.2, 0) is 6.61 Å². The van der Waals surface area contributed by atoms with Crippen LogP contribution in [0.3, 0.4) is 0 Å². The number of ether oxygens (including phenoxy) is 3. The molecule has 0 aliphatic carbocycles. The summed E-state index contributed by atoms with van der Waals surface area (Å²) in [5, 5.41) is 6.70. The summed E-state index contributed by atoms with van der Waals surface area (Å²) in [5.74, 6) is 0.352. The smallest absolute Gasteiger partial charge is 0.387 e. The molecule has 1 amide bonds. The SMILES string of the molecule is COc1cc(-c2noc(COc3ccccc3C(=O)Nc3ccccc3)n2)ccc1OC(F)F. The summed E-state index contributed by atoms with van der Waals surface area (Å²) in [4.78, 5) is 16.9. The van der Waals surface area contributed by atoms with Crippen molar-refractivity contribution in [3.05, 3.63) is 84.3 Å². The molecule has 0 radical (unpaired) electrons. The van der Waals surface area contributed by atoms with Gasteiger partial charge in [0.2, 0.25) is 5.82 Å². The quantitative estimate of drug-likeness (QED) is 0.362. The van der Waals surface area contributed by atoms with E-state index in [1.54, 1.807) is 36.4 Å². The van der Waals surface area contributed by atoms with Gasteiger partial charge in [0.25, 0.3) is 11.8 Å². The van der Waals surface area contributed by atoms with Crippen molar-refractivity contribution in [1.82, 2.24) is 10.1 Å². The number of hydrogen-bond donors (Lipinski definition) is 1. The Morgan fingerprint density at radius 3 is 2.53 bits per heavy atom. The summed E-state index contributed by atoms with van der Waals surface area (Å²) < 4.78 is 45.5. The van der Waals surface area contributed by atoms with Gasteiger partial charge in [-0.15, -0.1) is 0 Å². The third kappa shape index (κ3) is 5.47. The maximum absolute atomic E-state index is 12.7. The van der Waals surface area contributed by atoms with Crippen molar-refractivity contribution in [3.63, 3.8) is 0 Å². The molecule has 174 valence electrons. The topological polar surface area (TPSA) is 95.7 Å². The van der Waals surface area contributed by atoms with Crippen molar-refractivity contribution in [2.75, 3.05) is 12.4 Å². The Hall–Kier alpha value is -4.47. The fourth-order valence-corrected chi connectivity index (χ4v) is 3.07. The van der Waals surface area contributed by atoms with Crippen LogP contribution in [0.4, 0.5) is 14.5 Å². The van der Waals surface area contributed by atoms with E-state index in [1.807, 2.05) is 18.2 Å². The molecule has 4 aromatic rings. The van der Waals surface area contributed by atoms with Crippen LogP contribution >= 0.6 is 0 Å². The third-order valence-corrected chi connectivity index (χ3v) is 4.62. The predicted octanol–water partition coefficient (Wildman–Crippen LogP) is 5.18. The molecule has 0 aliphatic heterocycles. The van der Waals surface area contributed by atoms with Gasteiger partial charge in [-0.1, -0.05) is 35.5 Å². The first-order valence-corrected chi connectivity index (χ1v) is 10.1. The Kier molecular flexibility index (Phi) is 6.97. The lowest BCUT2D eigenvalue weighted by molar-refractivity contribution is -0.0512. The molecule has 1 N–H and O–H groups in total. The standard InChI is InChI=1S/C24H19F2N3O5/c1-31-20-13-15(11-12-19(20)33-24(25)26)22-28-21(34-29-22)14-32-18-10-6-5-9-17(18)23(30)27-16-7-3-2-4-8-16/h2-13,24H,14H2,1H3,(H,27,30). The molecule has 1 aromatic heterocycles. The number of halogens is 2. The van der Waals surface area contributed by atoms with E-state index in [4.69, 9.17) is 14.0 Å². The molecule has 4 rings (SSSR count). The fraction of sp³-hybridized carbons (Fsp3) is 0.125. The minimum absolute atomic E-state index is 0.0909. The molecule has 0 saturated carbocycles. The van der Waals surface area contributed by atoms with Crippen molar-refractivity contribution in [2.24, 2.45) is 0 Å². The normalized spacial score (nSPS) is 10.7. The molecule has 0 unspecified atom stereocenters. The highest BCUT2D eigenvalue weighted by molar-refractivity contribution is 6.06. The molecular formula is C24H19F2N3O5. The van der Waals surface area contributed by atoms with Gasteiger partial charge in [-0.2, -0.15) is 13.8 Å². The van der Waals surface area contributed by atoms with Crippen molar-refractivity contribution < 1.29 is 32.3 Å². The molecule has 0 aliphatic rings. The summed E-state index contributed by atoms with van der Waals surface area (Å²) >= 11 is 0. The molecule has 1 heterocycles. The van der Waals surface area contributed by atoms with E-state index in [0.717, 1.165) is 0 Å². The second kappa shape index (κ2) is 10.4. The molecule has 3 aromatic carbocycles. The maximum Gasteiger partial charge on any atom is 0.387 e. The van der Waals surface area contributed by atoms with Crippen LogP contribution in [0.15, 0.2) is 77.3 Å². The fourth-order valence-electron chi connectivity index (χ4n) is 3.07. The number of aromatic nitrogens is 2. The number of amides is 1.